The average Bonchev–Trinajstić information content (AvgIpc) is 3.13. The molecule has 2 amide bonds. The van der Waals surface area contributed by atoms with Crippen molar-refractivity contribution in [2.45, 2.75) is 0 Å². The summed E-state index contributed by atoms with van der Waals surface area (Å²) in [6.07, 6.45) is 4.70. The van der Waals surface area contributed by atoms with Gasteiger partial charge in [0, 0.05) is 42.8 Å². The lowest BCUT2D eigenvalue weighted by Crippen LogP contribution is -2.50. The largest absolute Gasteiger partial charge is 0.465 e. The highest BCUT2D eigenvalue weighted by Crippen LogP contribution is 2.14. The highest BCUT2D eigenvalue weighted by atomic mass is 35.5. The molecule has 1 aromatic heterocycles. The van der Waals surface area contributed by atoms with Crippen LogP contribution >= 0.6 is 11.6 Å². The molecule has 0 spiro atoms. The Morgan fingerprint density at radius 3 is 2.46 bits per heavy atom. The Bertz CT molecular complexity index is 747. The van der Waals surface area contributed by atoms with Crippen molar-refractivity contribution < 1.29 is 14.0 Å². The minimum atomic E-state index is -0.0822. The summed E-state index contributed by atoms with van der Waals surface area (Å²) < 4.78 is 5.16. The second-order valence-corrected chi connectivity index (χ2v) is 5.91. The molecule has 1 saturated heterocycles. The number of nitrogens with zero attached hydrogens (tertiary/aromatic N) is 2. The summed E-state index contributed by atoms with van der Waals surface area (Å²) in [5.41, 5.74) is 0.569. The van der Waals surface area contributed by atoms with Gasteiger partial charge in [-0.3, -0.25) is 9.59 Å². The molecule has 24 heavy (non-hydrogen) atoms. The second-order valence-electron chi connectivity index (χ2n) is 5.48. The normalized spacial score (nSPS) is 15.0. The molecular formula is C18H17ClN2O3. The summed E-state index contributed by atoms with van der Waals surface area (Å²) in [5, 5.41) is 0.540. The molecule has 2 aromatic rings. The molecule has 1 aliphatic heterocycles. The fourth-order valence-electron chi connectivity index (χ4n) is 2.58. The maximum absolute atomic E-state index is 12.4. The van der Waals surface area contributed by atoms with Crippen molar-refractivity contribution in [2.75, 3.05) is 26.2 Å². The van der Waals surface area contributed by atoms with Crippen LogP contribution in [0.4, 0.5) is 0 Å². The fraction of sp³-hybridized carbons (Fsp3) is 0.222. The minimum absolute atomic E-state index is 0.0595. The molecule has 0 aliphatic carbocycles. The lowest BCUT2D eigenvalue weighted by atomic mass is 10.2. The number of carbonyl (C=O) groups excluding carboxylic acids is 2. The number of hydrogen-bond acceptors (Lipinski definition) is 3. The summed E-state index contributed by atoms with van der Waals surface area (Å²) in [6, 6.07) is 10.5. The van der Waals surface area contributed by atoms with E-state index in [1.165, 1.54) is 6.08 Å². The van der Waals surface area contributed by atoms with Crippen molar-refractivity contribution >= 4 is 29.5 Å². The van der Waals surface area contributed by atoms with E-state index in [9.17, 15) is 9.59 Å². The van der Waals surface area contributed by atoms with Gasteiger partial charge in [-0.25, -0.2) is 0 Å². The maximum atomic E-state index is 12.4. The molecule has 0 radical (unpaired) electrons. The zero-order valence-electron chi connectivity index (χ0n) is 13.0. The van der Waals surface area contributed by atoms with Gasteiger partial charge in [0.05, 0.1) is 6.26 Å². The van der Waals surface area contributed by atoms with E-state index in [0.717, 1.165) is 0 Å². The van der Waals surface area contributed by atoms with Crippen LogP contribution in [0, 0.1) is 0 Å². The van der Waals surface area contributed by atoms with Gasteiger partial charge >= 0.3 is 0 Å². The van der Waals surface area contributed by atoms with E-state index in [-0.39, 0.29) is 11.8 Å². The summed E-state index contributed by atoms with van der Waals surface area (Å²) in [6.45, 7) is 2.03. The van der Waals surface area contributed by atoms with Gasteiger partial charge in [0.1, 0.15) is 5.76 Å². The molecule has 124 valence electrons. The molecule has 1 fully saturated rings. The molecule has 3 rings (SSSR count). The van der Waals surface area contributed by atoms with Crippen molar-refractivity contribution in [1.29, 1.82) is 0 Å². The third kappa shape index (κ3) is 3.86. The van der Waals surface area contributed by atoms with E-state index in [1.807, 2.05) is 0 Å². The van der Waals surface area contributed by atoms with Crippen molar-refractivity contribution in [3.63, 3.8) is 0 Å². The number of benzene rings is 1. The smallest absolute Gasteiger partial charge is 0.254 e. The van der Waals surface area contributed by atoms with Gasteiger partial charge in [0.2, 0.25) is 5.91 Å². The molecule has 0 unspecified atom stereocenters. The SMILES string of the molecule is O=C(/C=C/c1ccco1)N1CCN(C(=O)c2cccc(Cl)c2)CC1. The average molecular weight is 345 g/mol. The van der Waals surface area contributed by atoms with E-state index >= 15 is 0 Å². The second kappa shape index (κ2) is 7.36. The third-order valence-electron chi connectivity index (χ3n) is 3.88. The highest BCUT2D eigenvalue weighted by molar-refractivity contribution is 6.30. The van der Waals surface area contributed by atoms with Crippen LogP contribution < -0.4 is 0 Å². The molecule has 0 atom stereocenters. The Kier molecular flexibility index (Phi) is 5.01. The number of furan rings is 1. The molecule has 1 aliphatic rings. The monoisotopic (exact) mass is 344 g/mol. The molecule has 0 N–H and O–H groups in total. The van der Waals surface area contributed by atoms with Crippen molar-refractivity contribution in [2.24, 2.45) is 0 Å². The van der Waals surface area contributed by atoms with E-state index in [4.69, 9.17) is 16.0 Å². The molecule has 1 aromatic carbocycles. The standard InChI is InChI=1S/C18H17ClN2O3/c19-15-4-1-3-14(13-15)18(23)21-10-8-20(9-11-21)17(22)7-6-16-5-2-12-24-16/h1-7,12-13H,8-11H2/b7-6+. The number of piperazine rings is 1. The lowest BCUT2D eigenvalue weighted by Gasteiger charge is -2.34. The summed E-state index contributed by atoms with van der Waals surface area (Å²) in [7, 11) is 0. The van der Waals surface area contributed by atoms with Crippen LogP contribution in [-0.2, 0) is 4.79 Å². The Hall–Kier alpha value is -2.53. The van der Waals surface area contributed by atoms with Crippen LogP contribution in [0.3, 0.4) is 0 Å². The Balaban J connectivity index is 1.55. The van der Waals surface area contributed by atoms with E-state index in [2.05, 4.69) is 0 Å². The maximum Gasteiger partial charge on any atom is 0.254 e. The van der Waals surface area contributed by atoms with Crippen LogP contribution in [-0.4, -0.2) is 47.8 Å². The molecule has 2 heterocycles. The fourth-order valence-corrected chi connectivity index (χ4v) is 2.77. The summed E-state index contributed by atoms with van der Waals surface area (Å²) in [5.74, 6) is 0.495. The molecule has 0 saturated carbocycles. The van der Waals surface area contributed by atoms with Gasteiger partial charge in [0.15, 0.2) is 0 Å². The topological polar surface area (TPSA) is 53.8 Å². The predicted molar refractivity (Wildman–Crippen MR) is 91.7 cm³/mol. The van der Waals surface area contributed by atoms with Crippen LogP contribution in [0.5, 0.6) is 0 Å². The number of amides is 2. The van der Waals surface area contributed by atoms with Crippen molar-refractivity contribution in [3.05, 3.63) is 65.1 Å². The first-order valence-electron chi connectivity index (χ1n) is 7.69. The quantitative estimate of drug-likeness (QED) is 0.804. The van der Waals surface area contributed by atoms with Gasteiger partial charge in [0.25, 0.3) is 5.91 Å². The molecular weight excluding hydrogens is 328 g/mol. The zero-order chi connectivity index (χ0) is 16.9. The Labute approximate surface area is 145 Å². The van der Waals surface area contributed by atoms with E-state index in [1.54, 1.807) is 58.5 Å². The van der Waals surface area contributed by atoms with Gasteiger partial charge in [-0.15, -0.1) is 0 Å². The number of rotatable bonds is 3. The first-order valence-corrected chi connectivity index (χ1v) is 8.06. The molecule has 0 bridgehead atoms. The Morgan fingerprint density at radius 1 is 1.04 bits per heavy atom. The number of hydrogen-bond donors (Lipinski definition) is 0. The number of carbonyl (C=O) groups is 2. The molecule has 5 nitrogen and oxygen atoms in total. The summed E-state index contributed by atoms with van der Waals surface area (Å²) >= 11 is 5.93. The van der Waals surface area contributed by atoms with E-state index in [0.29, 0.717) is 42.5 Å². The van der Waals surface area contributed by atoms with Crippen LogP contribution in [0.25, 0.3) is 6.08 Å². The first kappa shape index (κ1) is 16.3. The van der Waals surface area contributed by atoms with Gasteiger partial charge < -0.3 is 14.2 Å². The predicted octanol–water partition coefficient (Wildman–Crippen LogP) is 2.93. The first-order chi connectivity index (χ1) is 11.6. The highest BCUT2D eigenvalue weighted by Gasteiger charge is 2.23. The van der Waals surface area contributed by atoms with Crippen LogP contribution in [0.1, 0.15) is 16.1 Å². The van der Waals surface area contributed by atoms with Crippen LogP contribution in [0.15, 0.2) is 53.2 Å². The van der Waals surface area contributed by atoms with E-state index < -0.39 is 0 Å². The summed E-state index contributed by atoms with van der Waals surface area (Å²) in [4.78, 5) is 28.1. The van der Waals surface area contributed by atoms with Crippen molar-refractivity contribution in [3.8, 4) is 0 Å². The lowest BCUT2D eigenvalue weighted by molar-refractivity contribution is -0.127. The third-order valence-corrected chi connectivity index (χ3v) is 4.12. The minimum Gasteiger partial charge on any atom is -0.465 e. The zero-order valence-corrected chi connectivity index (χ0v) is 13.8. The van der Waals surface area contributed by atoms with Crippen molar-refractivity contribution in [1.82, 2.24) is 9.80 Å². The van der Waals surface area contributed by atoms with Gasteiger partial charge in [-0.1, -0.05) is 17.7 Å². The molecule has 6 heteroatoms. The Morgan fingerprint density at radius 2 is 1.79 bits per heavy atom. The van der Waals surface area contributed by atoms with Gasteiger partial charge in [-0.2, -0.15) is 0 Å². The number of halogens is 1. The van der Waals surface area contributed by atoms with Gasteiger partial charge in [-0.05, 0) is 36.4 Å². The van der Waals surface area contributed by atoms with Crippen LogP contribution in [0.2, 0.25) is 5.02 Å².